The van der Waals surface area contributed by atoms with Crippen molar-refractivity contribution in [2.24, 2.45) is 0 Å². The topological polar surface area (TPSA) is 38.8 Å². The summed E-state index contributed by atoms with van der Waals surface area (Å²) in [6, 6.07) is 11.4. The number of methoxy groups -OCH3 is 2. The highest BCUT2D eigenvalue weighted by Gasteiger charge is 2.23. The van der Waals surface area contributed by atoms with Crippen molar-refractivity contribution in [3.8, 4) is 11.5 Å². The van der Waals surface area contributed by atoms with E-state index in [1.54, 1.807) is 26.4 Å². The van der Waals surface area contributed by atoms with Crippen LogP contribution < -0.4 is 14.4 Å². The lowest BCUT2D eigenvalue weighted by Crippen LogP contribution is -2.33. The predicted octanol–water partition coefficient (Wildman–Crippen LogP) is 4.09. The van der Waals surface area contributed by atoms with Crippen LogP contribution in [0.3, 0.4) is 0 Å². The van der Waals surface area contributed by atoms with Gasteiger partial charge in [0.25, 0.3) is 5.91 Å². The Morgan fingerprint density at radius 1 is 1.12 bits per heavy atom. The molecular weight excluding hydrogens is 333 g/mol. The SMILES string of the molecule is COc1ccc(OC)c(CN(C(=O)CF)c2cccc3c2CCCC3)c1. The third kappa shape index (κ3) is 3.66. The van der Waals surface area contributed by atoms with E-state index in [0.717, 1.165) is 42.5 Å². The molecule has 138 valence electrons. The first-order valence-corrected chi connectivity index (χ1v) is 8.86. The maximum Gasteiger partial charge on any atom is 0.258 e. The highest BCUT2D eigenvalue weighted by molar-refractivity contribution is 5.95. The molecule has 0 N–H and O–H groups in total. The minimum Gasteiger partial charge on any atom is -0.497 e. The van der Waals surface area contributed by atoms with Crippen molar-refractivity contribution in [2.75, 3.05) is 25.8 Å². The summed E-state index contributed by atoms with van der Waals surface area (Å²) >= 11 is 0. The lowest BCUT2D eigenvalue weighted by Gasteiger charge is -2.28. The van der Waals surface area contributed by atoms with E-state index in [2.05, 4.69) is 6.07 Å². The molecule has 0 spiro atoms. The van der Waals surface area contributed by atoms with Gasteiger partial charge in [-0.3, -0.25) is 4.79 Å². The minimum absolute atomic E-state index is 0.236. The van der Waals surface area contributed by atoms with Crippen molar-refractivity contribution >= 4 is 11.6 Å². The average Bonchev–Trinajstić information content (AvgIpc) is 2.70. The second kappa shape index (κ2) is 8.21. The van der Waals surface area contributed by atoms with Gasteiger partial charge in [-0.15, -0.1) is 0 Å². The number of ether oxygens (including phenoxy) is 2. The number of hydrogen-bond donors (Lipinski definition) is 0. The maximum absolute atomic E-state index is 13.3. The lowest BCUT2D eigenvalue weighted by molar-refractivity contribution is -0.119. The summed E-state index contributed by atoms with van der Waals surface area (Å²) in [4.78, 5) is 14.0. The number of anilines is 1. The molecule has 2 aromatic rings. The first-order valence-electron chi connectivity index (χ1n) is 8.86. The zero-order valence-corrected chi connectivity index (χ0v) is 15.3. The molecule has 0 aliphatic heterocycles. The Bertz CT molecular complexity index is 791. The van der Waals surface area contributed by atoms with Gasteiger partial charge in [0.15, 0.2) is 6.67 Å². The highest BCUT2D eigenvalue weighted by atomic mass is 19.1. The molecule has 0 atom stereocenters. The summed E-state index contributed by atoms with van der Waals surface area (Å²) in [6.07, 6.45) is 4.15. The number of carbonyl (C=O) groups excluding carboxylic acids is 1. The fourth-order valence-electron chi connectivity index (χ4n) is 3.57. The molecule has 1 aliphatic rings. The van der Waals surface area contributed by atoms with Gasteiger partial charge >= 0.3 is 0 Å². The van der Waals surface area contributed by atoms with E-state index < -0.39 is 12.6 Å². The lowest BCUT2D eigenvalue weighted by atomic mass is 9.90. The number of benzene rings is 2. The number of nitrogens with zero attached hydrogens (tertiary/aromatic N) is 1. The van der Waals surface area contributed by atoms with Crippen molar-refractivity contribution in [3.63, 3.8) is 0 Å². The van der Waals surface area contributed by atoms with E-state index in [0.29, 0.717) is 11.5 Å². The van der Waals surface area contributed by atoms with E-state index in [-0.39, 0.29) is 6.54 Å². The Morgan fingerprint density at radius 3 is 2.65 bits per heavy atom. The molecule has 26 heavy (non-hydrogen) atoms. The molecule has 0 heterocycles. The van der Waals surface area contributed by atoms with Crippen LogP contribution in [0.25, 0.3) is 0 Å². The van der Waals surface area contributed by atoms with Crippen LogP contribution in [0.4, 0.5) is 10.1 Å². The molecule has 3 rings (SSSR count). The zero-order chi connectivity index (χ0) is 18.5. The van der Waals surface area contributed by atoms with Gasteiger partial charge in [-0.1, -0.05) is 12.1 Å². The van der Waals surface area contributed by atoms with Gasteiger partial charge < -0.3 is 14.4 Å². The standard InChI is InChI=1S/C21H24FNO3/c1-25-17-10-11-20(26-2)16(12-17)14-23(21(24)13-22)19-9-5-7-15-6-3-4-8-18(15)19/h5,7,9-12H,3-4,6,8,13-14H2,1-2H3. The van der Waals surface area contributed by atoms with E-state index in [1.165, 1.54) is 10.5 Å². The number of carbonyl (C=O) groups is 1. The fourth-order valence-corrected chi connectivity index (χ4v) is 3.57. The van der Waals surface area contributed by atoms with Gasteiger partial charge in [-0.25, -0.2) is 4.39 Å². The number of rotatable bonds is 6. The van der Waals surface area contributed by atoms with Crippen LogP contribution in [0.15, 0.2) is 36.4 Å². The second-order valence-corrected chi connectivity index (χ2v) is 6.41. The summed E-state index contributed by atoms with van der Waals surface area (Å²) in [5.74, 6) is 0.768. The smallest absolute Gasteiger partial charge is 0.258 e. The molecule has 2 aromatic carbocycles. The number of hydrogen-bond acceptors (Lipinski definition) is 3. The van der Waals surface area contributed by atoms with E-state index in [4.69, 9.17) is 9.47 Å². The Morgan fingerprint density at radius 2 is 1.92 bits per heavy atom. The third-order valence-electron chi connectivity index (χ3n) is 4.89. The van der Waals surface area contributed by atoms with Crippen molar-refractivity contribution in [1.29, 1.82) is 0 Å². The summed E-state index contributed by atoms with van der Waals surface area (Å²) in [6.45, 7) is -0.796. The summed E-state index contributed by atoms with van der Waals surface area (Å²) < 4.78 is 24.0. The van der Waals surface area contributed by atoms with Crippen LogP contribution in [0, 0.1) is 0 Å². The number of amides is 1. The summed E-state index contributed by atoms with van der Waals surface area (Å²) in [5.41, 5.74) is 3.99. The maximum atomic E-state index is 13.3. The largest absolute Gasteiger partial charge is 0.497 e. The Hall–Kier alpha value is -2.56. The molecule has 5 heteroatoms. The van der Waals surface area contributed by atoms with Crippen LogP contribution in [0.1, 0.15) is 29.5 Å². The molecule has 0 radical (unpaired) electrons. The van der Waals surface area contributed by atoms with Gasteiger partial charge in [0.2, 0.25) is 0 Å². The summed E-state index contributed by atoms with van der Waals surface area (Å²) in [7, 11) is 3.17. The molecule has 0 unspecified atom stereocenters. The van der Waals surface area contributed by atoms with E-state index >= 15 is 0 Å². The monoisotopic (exact) mass is 357 g/mol. The zero-order valence-electron chi connectivity index (χ0n) is 15.3. The molecule has 0 fully saturated rings. The van der Waals surface area contributed by atoms with Crippen LogP contribution in [0.5, 0.6) is 11.5 Å². The van der Waals surface area contributed by atoms with Crippen LogP contribution >= 0.6 is 0 Å². The average molecular weight is 357 g/mol. The van der Waals surface area contributed by atoms with Crippen molar-refractivity contribution < 1.29 is 18.7 Å². The molecule has 0 aromatic heterocycles. The Kier molecular flexibility index (Phi) is 5.76. The third-order valence-corrected chi connectivity index (χ3v) is 4.89. The second-order valence-electron chi connectivity index (χ2n) is 6.41. The van der Waals surface area contributed by atoms with Crippen LogP contribution in [-0.2, 0) is 24.2 Å². The van der Waals surface area contributed by atoms with Crippen molar-refractivity contribution in [3.05, 3.63) is 53.1 Å². The Balaban J connectivity index is 2.02. The van der Waals surface area contributed by atoms with Crippen LogP contribution in [0.2, 0.25) is 0 Å². The molecule has 0 saturated carbocycles. The molecule has 1 amide bonds. The van der Waals surface area contributed by atoms with Gasteiger partial charge in [0.05, 0.1) is 20.8 Å². The molecule has 1 aliphatic carbocycles. The molecule has 0 saturated heterocycles. The molecule has 0 bridgehead atoms. The quantitative estimate of drug-likeness (QED) is 0.782. The first-order chi connectivity index (χ1) is 12.7. The molecule has 4 nitrogen and oxygen atoms in total. The van der Waals surface area contributed by atoms with Crippen molar-refractivity contribution in [2.45, 2.75) is 32.2 Å². The fraction of sp³-hybridized carbons (Fsp3) is 0.381. The summed E-state index contributed by atoms with van der Waals surface area (Å²) in [5, 5.41) is 0. The predicted molar refractivity (Wildman–Crippen MR) is 99.8 cm³/mol. The number of aryl methyl sites for hydroxylation is 1. The van der Waals surface area contributed by atoms with E-state index in [1.807, 2.05) is 18.2 Å². The molecular formula is C21H24FNO3. The van der Waals surface area contributed by atoms with Gasteiger partial charge in [0, 0.05) is 11.3 Å². The van der Waals surface area contributed by atoms with Gasteiger partial charge in [0.1, 0.15) is 11.5 Å². The number of alkyl halides is 1. The first kappa shape index (κ1) is 18.2. The van der Waals surface area contributed by atoms with E-state index in [9.17, 15) is 9.18 Å². The number of halogens is 1. The highest BCUT2D eigenvalue weighted by Crippen LogP contribution is 2.33. The number of fused-ring (bicyclic) bond motifs is 1. The van der Waals surface area contributed by atoms with Crippen LogP contribution in [-0.4, -0.2) is 26.8 Å². The normalized spacial score (nSPS) is 13.0. The van der Waals surface area contributed by atoms with Gasteiger partial charge in [-0.05, 0) is 61.1 Å². The Labute approximate surface area is 153 Å². The van der Waals surface area contributed by atoms with Crippen molar-refractivity contribution in [1.82, 2.24) is 0 Å². The van der Waals surface area contributed by atoms with Gasteiger partial charge in [-0.2, -0.15) is 0 Å². The minimum atomic E-state index is -1.03.